The van der Waals surface area contributed by atoms with Crippen molar-refractivity contribution < 1.29 is 14.3 Å². The van der Waals surface area contributed by atoms with Crippen LogP contribution in [0.15, 0.2) is 46.9 Å². The van der Waals surface area contributed by atoms with Crippen LogP contribution < -0.4 is 20.1 Å². The molecule has 5 nitrogen and oxygen atoms in total. The number of thiocarbonyl (C=S) groups is 1. The maximum absolute atomic E-state index is 12.6. The standard InChI is InChI=1S/C20H23BrN2O3S/c1-3-5-11-26-16-8-6-7-15(13-16)22-20(27)23-19(24)17-12-14(21)9-10-18(17)25-4-2/h6-10,12-13H,3-5,11H2,1-2H3,(H2,22,23,24,27). The minimum atomic E-state index is -0.340. The van der Waals surface area contributed by atoms with E-state index >= 15 is 0 Å². The average Bonchev–Trinajstić information content (AvgIpc) is 2.63. The molecule has 27 heavy (non-hydrogen) atoms. The summed E-state index contributed by atoms with van der Waals surface area (Å²) < 4.78 is 12.0. The molecule has 0 aliphatic heterocycles. The SMILES string of the molecule is CCCCOc1cccc(NC(=S)NC(=O)c2cc(Br)ccc2OCC)c1. The number of hydrogen-bond acceptors (Lipinski definition) is 4. The van der Waals surface area contributed by atoms with Crippen molar-refractivity contribution in [1.82, 2.24) is 5.32 Å². The Labute approximate surface area is 173 Å². The summed E-state index contributed by atoms with van der Waals surface area (Å²) in [5, 5.41) is 5.89. The second-order valence-electron chi connectivity index (χ2n) is 5.71. The van der Waals surface area contributed by atoms with Gasteiger partial charge in [0.15, 0.2) is 5.11 Å². The average molecular weight is 451 g/mol. The molecule has 2 N–H and O–H groups in total. The van der Waals surface area contributed by atoms with Crippen molar-refractivity contribution in [2.45, 2.75) is 26.7 Å². The van der Waals surface area contributed by atoms with Crippen LogP contribution in [0, 0.1) is 0 Å². The number of carbonyl (C=O) groups excluding carboxylic acids is 1. The predicted molar refractivity (Wildman–Crippen MR) is 116 cm³/mol. The molecule has 7 heteroatoms. The molecular formula is C20H23BrN2O3S. The van der Waals surface area contributed by atoms with Crippen LogP contribution in [-0.2, 0) is 0 Å². The summed E-state index contributed by atoms with van der Waals surface area (Å²) in [5.74, 6) is 0.924. The van der Waals surface area contributed by atoms with E-state index in [2.05, 4.69) is 33.5 Å². The van der Waals surface area contributed by atoms with Gasteiger partial charge in [-0.2, -0.15) is 0 Å². The van der Waals surface area contributed by atoms with Crippen LogP contribution in [0.2, 0.25) is 0 Å². The molecule has 0 saturated heterocycles. The monoisotopic (exact) mass is 450 g/mol. The largest absolute Gasteiger partial charge is 0.494 e. The third-order valence-electron chi connectivity index (χ3n) is 3.57. The van der Waals surface area contributed by atoms with Gasteiger partial charge in [0.05, 0.1) is 18.8 Å². The Morgan fingerprint density at radius 2 is 1.96 bits per heavy atom. The lowest BCUT2D eigenvalue weighted by Crippen LogP contribution is -2.34. The first-order chi connectivity index (χ1) is 13.0. The first kappa shape index (κ1) is 21.2. The van der Waals surface area contributed by atoms with Gasteiger partial charge in [0.1, 0.15) is 11.5 Å². The Morgan fingerprint density at radius 3 is 2.70 bits per heavy atom. The van der Waals surface area contributed by atoms with Crippen molar-refractivity contribution in [2.75, 3.05) is 18.5 Å². The summed E-state index contributed by atoms with van der Waals surface area (Å²) in [6.07, 6.45) is 2.08. The molecule has 0 bridgehead atoms. The van der Waals surface area contributed by atoms with E-state index in [-0.39, 0.29) is 11.0 Å². The van der Waals surface area contributed by atoms with Gasteiger partial charge >= 0.3 is 0 Å². The van der Waals surface area contributed by atoms with Crippen molar-refractivity contribution in [3.8, 4) is 11.5 Å². The van der Waals surface area contributed by atoms with Crippen LogP contribution in [0.3, 0.4) is 0 Å². The number of anilines is 1. The van der Waals surface area contributed by atoms with Gasteiger partial charge in [0.2, 0.25) is 0 Å². The molecule has 2 aromatic carbocycles. The molecule has 0 spiro atoms. The molecular weight excluding hydrogens is 428 g/mol. The molecule has 1 amide bonds. The minimum absolute atomic E-state index is 0.202. The summed E-state index contributed by atoms with van der Waals surface area (Å²) >= 11 is 8.64. The molecule has 144 valence electrons. The number of benzene rings is 2. The number of ether oxygens (including phenoxy) is 2. The Hall–Kier alpha value is -2.12. The number of carbonyl (C=O) groups is 1. The number of hydrogen-bond donors (Lipinski definition) is 2. The predicted octanol–water partition coefficient (Wildman–Crippen LogP) is 5.15. The van der Waals surface area contributed by atoms with Gasteiger partial charge < -0.3 is 14.8 Å². The van der Waals surface area contributed by atoms with E-state index < -0.39 is 0 Å². The third-order valence-corrected chi connectivity index (χ3v) is 4.27. The molecule has 2 rings (SSSR count). The molecule has 0 heterocycles. The first-order valence-corrected chi connectivity index (χ1v) is 10.0. The number of nitrogens with one attached hydrogen (secondary N) is 2. The molecule has 0 aliphatic carbocycles. The lowest BCUT2D eigenvalue weighted by molar-refractivity contribution is 0.0974. The summed E-state index contributed by atoms with van der Waals surface area (Å²) in [6.45, 7) is 5.12. The van der Waals surface area contributed by atoms with Crippen molar-refractivity contribution in [3.05, 3.63) is 52.5 Å². The topological polar surface area (TPSA) is 59.6 Å². The molecule has 0 aliphatic rings. The zero-order chi connectivity index (χ0) is 19.6. The third kappa shape index (κ3) is 6.84. The summed E-state index contributed by atoms with van der Waals surface area (Å²) in [6, 6.07) is 12.7. The Bertz CT molecular complexity index is 799. The summed E-state index contributed by atoms with van der Waals surface area (Å²) in [4.78, 5) is 12.6. The highest BCUT2D eigenvalue weighted by molar-refractivity contribution is 9.10. The van der Waals surface area contributed by atoms with Crippen LogP contribution in [0.25, 0.3) is 0 Å². The maximum Gasteiger partial charge on any atom is 0.261 e. The van der Waals surface area contributed by atoms with Gasteiger partial charge in [-0.1, -0.05) is 35.3 Å². The van der Waals surface area contributed by atoms with Crippen LogP contribution in [-0.4, -0.2) is 24.2 Å². The second-order valence-corrected chi connectivity index (χ2v) is 7.04. The van der Waals surface area contributed by atoms with Crippen LogP contribution in [0.5, 0.6) is 11.5 Å². The smallest absolute Gasteiger partial charge is 0.261 e. The van der Waals surface area contributed by atoms with Gasteiger partial charge in [-0.3, -0.25) is 10.1 Å². The van der Waals surface area contributed by atoms with E-state index in [1.165, 1.54) is 0 Å². The van der Waals surface area contributed by atoms with E-state index in [1.54, 1.807) is 12.1 Å². The fourth-order valence-electron chi connectivity index (χ4n) is 2.29. The Morgan fingerprint density at radius 1 is 1.15 bits per heavy atom. The highest BCUT2D eigenvalue weighted by Gasteiger charge is 2.14. The summed E-state index contributed by atoms with van der Waals surface area (Å²) in [7, 11) is 0. The Kier molecular flexibility index (Phi) is 8.54. The quantitative estimate of drug-likeness (QED) is 0.429. The molecule has 0 aromatic heterocycles. The normalized spacial score (nSPS) is 10.2. The molecule has 0 radical (unpaired) electrons. The molecule has 0 unspecified atom stereocenters. The summed E-state index contributed by atoms with van der Waals surface area (Å²) in [5.41, 5.74) is 1.15. The van der Waals surface area contributed by atoms with Gasteiger partial charge in [0.25, 0.3) is 5.91 Å². The van der Waals surface area contributed by atoms with Crippen LogP contribution >= 0.6 is 28.1 Å². The number of halogens is 1. The van der Waals surface area contributed by atoms with Crippen molar-refractivity contribution >= 4 is 44.9 Å². The van der Waals surface area contributed by atoms with E-state index in [0.717, 1.165) is 28.8 Å². The fourth-order valence-corrected chi connectivity index (χ4v) is 2.86. The van der Waals surface area contributed by atoms with Gasteiger partial charge in [0, 0.05) is 16.2 Å². The molecule has 0 atom stereocenters. The van der Waals surface area contributed by atoms with Crippen molar-refractivity contribution in [3.63, 3.8) is 0 Å². The minimum Gasteiger partial charge on any atom is -0.494 e. The highest BCUT2D eigenvalue weighted by Crippen LogP contribution is 2.23. The lowest BCUT2D eigenvalue weighted by Gasteiger charge is -2.13. The fraction of sp³-hybridized carbons (Fsp3) is 0.300. The van der Waals surface area contributed by atoms with E-state index in [1.807, 2.05) is 37.3 Å². The molecule has 0 saturated carbocycles. The van der Waals surface area contributed by atoms with Gasteiger partial charge in [-0.05, 0) is 55.9 Å². The highest BCUT2D eigenvalue weighted by atomic mass is 79.9. The van der Waals surface area contributed by atoms with Gasteiger partial charge in [-0.15, -0.1) is 0 Å². The van der Waals surface area contributed by atoms with Crippen molar-refractivity contribution in [1.29, 1.82) is 0 Å². The first-order valence-electron chi connectivity index (χ1n) is 8.81. The van der Waals surface area contributed by atoms with Crippen LogP contribution in [0.4, 0.5) is 5.69 Å². The number of unbranched alkanes of at least 4 members (excludes halogenated alkanes) is 1. The number of rotatable bonds is 8. The molecule has 0 fully saturated rings. The van der Waals surface area contributed by atoms with Gasteiger partial charge in [-0.25, -0.2) is 0 Å². The van der Waals surface area contributed by atoms with E-state index in [4.69, 9.17) is 21.7 Å². The van der Waals surface area contributed by atoms with Crippen LogP contribution in [0.1, 0.15) is 37.0 Å². The van der Waals surface area contributed by atoms with Crippen molar-refractivity contribution in [2.24, 2.45) is 0 Å². The van der Waals surface area contributed by atoms with E-state index in [0.29, 0.717) is 24.5 Å². The zero-order valence-electron chi connectivity index (χ0n) is 15.4. The molecule has 2 aromatic rings. The Balaban J connectivity index is 2.00. The maximum atomic E-state index is 12.6. The second kappa shape index (κ2) is 10.9. The van der Waals surface area contributed by atoms with E-state index in [9.17, 15) is 4.79 Å². The number of amides is 1. The lowest BCUT2D eigenvalue weighted by atomic mass is 10.2. The zero-order valence-corrected chi connectivity index (χ0v) is 17.8.